The third-order valence-corrected chi connectivity index (χ3v) is 2.59. The smallest absolute Gasteiger partial charge is 0.0477 e. The summed E-state index contributed by atoms with van der Waals surface area (Å²) >= 11 is 0. The van der Waals surface area contributed by atoms with Crippen LogP contribution in [0.2, 0.25) is 0 Å². The minimum absolute atomic E-state index is 0.494. The van der Waals surface area contributed by atoms with Crippen LogP contribution in [0.4, 0.5) is 0 Å². The zero-order valence-corrected chi connectivity index (χ0v) is 8.01. The zero-order valence-electron chi connectivity index (χ0n) is 8.01. The van der Waals surface area contributed by atoms with E-state index < -0.39 is 0 Å². The molecule has 1 rings (SSSR count). The first-order valence-corrected chi connectivity index (χ1v) is 4.60. The van der Waals surface area contributed by atoms with Crippen LogP contribution < -0.4 is 11.6 Å². The molecule has 0 aliphatic heterocycles. The van der Waals surface area contributed by atoms with Crippen LogP contribution in [0.25, 0.3) is 0 Å². The molecule has 0 saturated carbocycles. The lowest BCUT2D eigenvalue weighted by Gasteiger charge is -2.19. The van der Waals surface area contributed by atoms with E-state index in [4.69, 9.17) is 11.6 Å². The van der Waals surface area contributed by atoms with Crippen molar-refractivity contribution >= 4 is 0 Å². The quantitative estimate of drug-likeness (QED) is 0.457. The minimum Gasteiger partial charge on any atom is -0.400 e. The van der Waals surface area contributed by atoms with E-state index in [0.29, 0.717) is 5.92 Å². The summed E-state index contributed by atoms with van der Waals surface area (Å²) in [5, 5.41) is 1.66. The Morgan fingerprint density at radius 1 is 1.42 bits per heavy atom. The SMILES string of the molecule is CC1CCCCC(N(C)N)=C1N. The predicted molar refractivity (Wildman–Crippen MR) is 50.8 cm³/mol. The van der Waals surface area contributed by atoms with Gasteiger partial charge in [-0.1, -0.05) is 13.3 Å². The number of hydrogen-bond acceptors (Lipinski definition) is 3. The molecule has 1 aliphatic rings. The Balaban J connectivity index is 2.81. The lowest BCUT2D eigenvalue weighted by atomic mass is 10.0. The van der Waals surface area contributed by atoms with E-state index in [1.807, 2.05) is 7.05 Å². The number of nitrogens with two attached hydrogens (primary N) is 2. The molecule has 1 aliphatic carbocycles. The third kappa shape index (κ3) is 1.91. The van der Waals surface area contributed by atoms with Gasteiger partial charge in [-0.3, -0.25) is 0 Å². The van der Waals surface area contributed by atoms with Crippen molar-refractivity contribution in [2.45, 2.75) is 32.6 Å². The normalized spacial score (nSPS) is 25.4. The maximum Gasteiger partial charge on any atom is 0.0477 e. The van der Waals surface area contributed by atoms with Crippen molar-refractivity contribution in [3.05, 3.63) is 11.4 Å². The summed E-state index contributed by atoms with van der Waals surface area (Å²) < 4.78 is 0. The fourth-order valence-corrected chi connectivity index (χ4v) is 1.71. The number of hydrazine groups is 1. The van der Waals surface area contributed by atoms with Crippen LogP contribution in [0.3, 0.4) is 0 Å². The molecule has 1 unspecified atom stereocenters. The van der Waals surface area contributed by atoms with Crippen molar-refractivity contribution in [1.82, 2.24) is 5.01 Å². The highest BCUT2D eigenvalue weighted by Crippen LogP contribution is 2.25. The molecule has 0 spiro atoms. The summed E-state index contributed by atoms with van der Waals surface area (Å²) in [6, 6.07) is 0. The van der Waals surface area contributed by atoms with Gasteiger partial charge >= 0.3 is 0 Å². The summed E-state index contributed by atoms with van der Waals surface area (Å²) in [5.41, 5.74) is 8.09. The van der Waals surface area contributed by atoms with Gasteiger partial charge in [-0.25, -0.2) is 5.84 Å². The molecule has 3 heteroatoms. The second kappa shape index (κ2) is 3.81. The van der Waals surface area contributed by atoms with Gasteiger partial charge < -0.3 is 10.7 Å². The Bertz CT molecular complexity index is 184. The minimum atomic E-state index is 0.494. The number of hydrogen-bond donors (Lipinski definition) is 2. The molecule has 0 radical (unpaired) electrons. The van der Waals surface area contributed by atoms with Gasteiger partial charge in [0, 0.05) is 18.4 Å². The summed E-state index contributed by atoms with van der Waals surface area (Å²) in [4.78, 5) is 0. The number of allylic oxidation sites excluding steroid dienone is 2. The van der Waals surface area contributed by atoms with Crippen LogP contribution >= 0.6 is 0 Å². The van der Waals surface area contributed by atoms with Crippen LogP contribution in [0.15, 0.2) is 11.4 Å². The second-order valence-corrected chi connectivity index (χ2v) is 3.66. The highest BCUT2D eigenvalue weighted by molar-refractivity contribution is 5.12. The predicted octanol–water partition coefficient (Wildman–Crippen LogP) is 1.17. The van der Waals surface area contributed by atoms with Crippen molar-refractivity contribution in [2.24, 2.45) is 17.5 Å². The Morgan fingerprint density at radius 2 is 2.08 bits per heavy atom. The van der Waals surface area contributed by atoms with Crippen molar-refractivity contribution in [3.8, 4) is 0 Å². The third-order valence-electron chi connectivity index (χ3n) is 2.59. The molecule has 0 aromatic carbocycles. The molecule has 0 saturated heterocycles. The van der Waals surface area contributed by atoms with Crippen molar-refractivity contribution in [1.29, 1.82) is 0 Å². The van der Waals surface area contributed by atoms with Crippen molar-refractivity contribution in [2.75, 3.05) is 7.05 Å². The number of rotatable bonds is 1. The van der Waals surface area contributed by atoms with Crippen LogP contribution in [-0.4, -0.2) is 12.1 Å². The molecular weight excluding hydrogens is 150 g/mol. The van der Waals surface area contributed by atoms with Gasteiger partial charge in [-0.15, -0.1) is 0 Å². The van der Waals surface area contributed by atoms with E-state index in [2.05, 4.69) is 6.92 Å². The van der Waals surface area contributed by atoms with E-state index in [1.54, 1.807) is 5.01 Å². The van der Waals surface area contributed by atoms with E-state index in [1.165, 1.54) is 19.3 Å². The fraction of sp³-hybridized carbons (Fsp3) is 0.778. The molecular formula is C9H19N3. The Kier molecular flexibility index (Phi) is 2.98. The molecule has 0 aromatic rings. The number of nitrogens with zero attached hydrogens (tertiary/aromatic N) is 1. The van der Waals surface area contributed by atoms with E-state index in [9.17, 15) is 0 Å². The van der Waals surface area contributed by atoms with Gasteiger partial charge in [-0.2, -0.15) is 0 Å². The first kappa shape index (κ1) is 9.39. The molecule has 0 heterocycles. The van der Waals surface area contributed by atoms with Gasteiger partial charge in [0.1, 0.15) is 0 Å². The molecule has 0 bridgehead atoms. The maximum absolute atomic E-state index is 5.98. The molecule has 3 nitrogen and oxygen atoms in total. The average Bonchev–Trinajstić information content (AvgIpc) is 2.15. The lowest BCUT2D eigenvalue weighted by molar-refractivity contribution is 0.411. The molecule has 1 atom stereocenters. The Hall–Kier alpha value is -0.700. The molecule has 70 valence electrons. The Labute approximate surface area is 74.4 Å². The monoisotopic (exact) mass is 169 g/mol. The van der Waals surface area contributed by atoms with Crippen LogP contribution in [0, 0.1) is 5.92 Å². The van der Waals surface area contributed by atoms with Gasteiger partial charge in [0.2, 0.25) is 0 Å². The standard InChI is InChI=1S/C9H19N3/c1-7-5-3-4-6-8(9(7)10)12(2)11/h7H,3-6,10-11H2,1-2H3. The summed E-state index contributed by atoms with van der Waals surface area (Å²) in [7, 11) is 1.86. The summed E-state index contributed by atoms with van der Waals surface area (Å²) in [6.07, 6.45) is 4.70. The topological polar surface area (TPSA) is 55.3 Å². The van der Waals surface area contributed by atoms with E-state index in [-0.39, 0.29) is 0 Å². The summed E-state index contributed by atoms with van der Waals surface area (Å²) in [5.74, 6) is 6.18. The first-order chi connectivity index (χ1) is 5.63. The second-order valence-electron chi connectivity index (χ2n) is 3.66. The average molecular weight is 169 g/mol. The fourth-order valence-electron chi connectivity index (χ4n) is 1.71. The van der Waals surface area contributed by atoms with E-state index in [0.717, 1.165) is 17.8 Å². The Morgan fingerprint density at radius 3 is 2.67 bits per heavy atom. The molecule has 12 heavy (non-hydrogen) atoms. The first-order valence-electron chi connectivity index (χ1n) is 4.60. The summed E-state index contributed by atoms with van der Waals surface area (Å²) in [6.45, 7) is 2.17. The molecule has 0 aromatic heterocycles. The van der Waals surface area contributed by atoms with Crippen molar-refractivity contribution < 1.29 is 0 Å². The van der Waals surface area contributed by atoms with Crippen LogP contribution in [0.1, 0.15) is 32.6 Å². The lowest BCUT2D eigenvalue weighted by Crippen LogP contribution is -2.29. The van der Waals surface area contributed by atoms with Crippen LogP contribution in [-0.2, 0) is 0 Å². The zero-order chi connectivity index (χ0) is 9.14. The van der Waals surface area contributed by atoms with Crippen molar-refractivity contribution in [3.63, 3.8) is 0 Å². The molecule has 0 fully saturated rings. The van der Waals surface area contributed by atoms with E-state index >= 15 is 0 Å². The van der Waals surface area contributed by atoms with Gasteiger partial charge in [-0.05, 0) is 25.2 Å². The van der Waals surface area contributed by atoms with Gasteiger partial charge in [0.25, 0.3) is 0 Å². The van der Waals surface area contributed by atoms with Gasteiger partial charge in [0.15, 0.2) is 0 Å². The van der Waals surface area contributed by atoms with Gasteiger partial charge in [0.05, 0.1) is 0 Å². The largest absolute Gasteiger partial charge is 0.400 e. The highest BCUT2D eigenvalue weighted by atomic mass is 15.4. The van der Waals surface area contributed by atoms with Crippen LogP contribution in [0.5, 0.6) is 0 Å². The maximum atomic E-state index is 5.98. The highest BCUT2D eigenvalue weighted by Gasteiger charge is 2.16. The molecule has 4 N–H and O–H groups in total. The molecule has 0 amide bonds.